The molecule has 0 radical (unpaired) electrons. The molecule has 3 rings (SSSR count). The van der Waals surface area contributed by atoms with Crippen molar-refractivity contribution in [3.05, 3.63) is 58.9 Å². The molecule has 1 amide bonds. The minimum Gasteiger partial charge on any atom is -0.352 e. The molecule has 1 aromatic heterocycles. The summed E-state index contributed by atoms with van der Waals surface area (Å²) in [4.78, 5) is 23.4. The van der Waals surface area contributed by atoms with Crippen molar-refractivity contribution in [2.75, 3.05) is 13.6 Å². The van der Waals surface area contributed by atoms with E-state index in [4.69, 9.17) is 0 Å². The molecule has 1 saturated heterocycles. The monoisotopic (exact) mass is 356 g/mol. The van der Waals surface area contributed by atoms with Crippen LogP contribution in [0.15, 0.2) is 30.5 Å². The number of aromatic nitrogens is 2. The van der Waals surface area contributed by atoms with Crippen LogP contribution in [0.4, 0.5) is 4.39 Å². The van der Waals surface area contributed by atoms with Gasteiger partial charge in [0.15, 0.2) is 0 Å². The molecule has 1 aliphatic rings. The SMILES string of the molecule is Cc1ncc(CNC(=O)CCc2cccc(F)c2)c([C@@H]2CCCN2C)n1. The van der Waals surface area contributed by atoms with Gasteiger partial charge in [-0.3, -0.25) is 9.69 Å². The minimum atomic E-state index is -0.273. The zero-order valence-electron chi connectivity index (χ0n) is 15.3. The van der Waals surface area contributed by atoms with Crippen LogP contribution in [0.1, 0.15) is 47.9 Å². The summed E-state index contributed by atoms with van der Waals surface area (Å²) in [5.41, 5.74) is 2.81. The van der Waals surface area contributed by atoms with Gasteiger partial charge in [-0.1, -0.05) is 12.1 Å². The van der Waals surface area contributed by atoms with Crippen LogP contribution in [0.25, 0.3) is 0 Å². The highest BCUT2D eigenvalue weighted by molar-refractivity contribution is 5.76. The summed E-state index contributed by atoms with van der Waals surface area (Å²) in [5.74, 6) is 0.423. The molecule has 6 heteroatoms. The number of halogens is 1. The van der Waals surface area contributed by atoms with Crippen molar-refractivity contribution in [3.63, 3.8) is 0 Å². The number of carbonyl (C=O) groups excluding carboxylic acids is 1. The van der Waals surface area contributed by atoms with E-state index < -0.39 is 0 Å². The average molecular weight is 356 g/mol. The molecule has 2 heterocycles. The molecular weight excluding hydrogens is 331 g/mol. The number of nitrogens with one attached hydrogen (secondary N) is 1. The predicted molar refractivity (Wildman–Crippen MR) is 97.9 cm³/mol. The molecule has 0 bridgehead atoms. The summed E-state index contributed by atoms with van der Waals surface area (Å²) >= 11 is 0. The molecule has 5 nitrogen and oxygen atoms in total. The Labute approximate surface area is 153 Å². The molecule has 1 N–H and O–H groups in total. The molecule has 1 aliphatic heterocycles. The van der Waals surface area contributed by atoms with Crippen LogP contribution in [-0.4, -0.2) is 34.4 Å². The van der Waals surface area contributed by atoms with Crippen molar-refractivity contribution in [2.45, 2.75) is 45.2 Å². The van der Waals surface area contributed by atoms with E-state index in [0.29, 0.717) is 19.4 Å². The van der Waals surface area contributed by atoms with Crippen LogP contribution in [0.5, 0.6) is 0 Å². The standard InChI is InChI=1S/C20H25FN4O/c1-14-22-12-16(20(24-14)18-7-4-10-25(18)2)13-23-19(26)9-8-15-5-3-6-17(21)11-15/h3,5-6,11-12,18H,4,7-10,13H2,1-2H3,(H,23,26)/t18-/m0/s1. The van der Waals surface area contributed by atoms with Crippen molar-refractivity contribution in [1.82, 2.24) is 20.2 Å². The molecule has 1 aromatic carbocycles. The molecule has 1 fully saturated rings. The lowest BCUT2D eigenvalue weighted by Crippen LogP contribution is -2.26. The van der Waals surface area contributed by atoms with Gasteiger partial charge in [0, 0.05) is 24.7 Å². The lowest BCUT2D eigenvalue weighted by atomic mass is 10.1. The molecule has 0 unspecified atom stereocenters. The summed E-state index contributed by atoms with van der Waals surface area (Å²) in [7, 11) is 2.11. The van der Waals surface area contributed by atoms with Crippen molar-refractivity contribution in [1.29, 1.82) is 0 Å². The van der Waals surface area contributed by atoms with Crippen molar-refractivity contribution in [2.24, 2.45) is 0 Å². The van der Waals surface area contributed by atoms with Gasteiger partial charge in [-0.15, -0.1) is 0 Å². The highest BCUT2D eigenvalue weighted by Crippen LogP contribution is 2.31. The molecular formula is C20H25FN4O. The third-order valence-electron chi connectivity index (χ3n) is 4.86. The molecule has 0 aliphatic carbocycles. The van der Waals surface area contributed by atoms with Crippen molar-refractivity contribution < 1.29 is 9.18 Å². The van der Waals surface area contributed by atoms with Gasteiger partial charge in [0.1, 0.15) is 11.6 Å². The summed E-state index contributed by atoms with van der Waals surface area (Å²) in [6.45, 7) is 3.37. The average Bonchev–Trinajstić information content (AvgIpc) is 3.04. The fourth-order valence-electron chi connectivity index (χ4n) is 3.43. The Morgan fingerprint density at radius 3 is 3.00 bits per heavy atom. The van der Waals surface area contributed by atoms with Crippen LogP contribution in [-0.2, 0) is 17.8 Å². The Morgan fingerprint density at radius 1 is 1.42 bits per heavy atom. The first-order chi connectivity index (χ1) is 12.5. The van der Waals surface area contributed by atoms with Gasteiger partial charge in [-0.05, 0) is 57.5 Å². The summed E-state index contributed by atoms with van der Waals surface area (Å²) < 4.78 is 13.2. The lowest BCUT2D eigenvalue weighted by Gasteiger charge is -2.21. The van der Waals surface area contributed by atoms with E-state index in [1.165, 1.54) is 12.1 Å². The van der Waals surface area contributed by atoms with Gasteiger partial charge >= 0.3 is 0 Å². The summed E-state index contributed by atoms with van der Waals surface area (Å²) in [6, 6.07) is 6.66. The van der Waals surface area contributed by atoms with Gasteiger partial charge in [-0.25, -0.2) is 14.4 Å². The van der Waals surface area contributed by atoms with E-state index >= 15 is 0 Å². The van der Waals surface area contributed by atoms with E-state index in [9.17, 15) is 9.18 Å². The molecule has 0 saturated carbocycles. The van der Waals surface area contributed by atoms with Gasteiger partial charge in [0.25, 0.3) is 0 Å². The Bertz CT molecular complexity index is 780. The molecule has 26 heavy (non-hydrogen) atoms. The quantitative estimate of drug-likeness (QED) is 0.865. The first kappa shape index (κ1) is 18.5. The Hall–Kier alpha value is -2.34. The van der Waals surface area contributed by atoms with Gasteiger partial charge in [0.05, 0.1) is 11.7 Å². The minimum absolute atomic E-state index is 0.0550. The molecule has 0 spiro atoms. The van der Waals surface area contributed by atoms with Crippen LogP contribution in [0, 0.1) is 12.7 Å². The topological polar surface area (TPSA) is 58.1 Å². The van der Waals surface area contributed by atoms with Crippen molar-refractivity contribution in [3.8, 4) is 0 Å². The zero-order chi connectivity index (χ0) is 18.5. The van der Waals surface area contributed by atoms with Crippen LogP contribution < -0.4 is 5.32 Å². The van der Waals surface area contributed by atoms with E-state index in [1.807, 2.05) is 19.2 Å². The first-order valence-electron chi connectivity index (χ1n) is 9.06. The second kappa shape index (κ2) is 8.36. The smallest absolute Gasteiger partial charge is 0.220 e. The van der Waals surface area contributed by atoms with Crippen molar-refractivity contribution >= 4 is 5.91 Å². The number of nitrogens with zero attached hydrogens (tertiary/aromatic N) is 3. The number of amides is 1. The van der Waals surface area contributed by atoms with E-state index in [2.05, 4.69) is 27.2 Å². The second-order valence-electron chi connectivity index (χ2n) is 6.87. The molecule has 138 valence electrons. The van der Waals surface area contributed by atoms with Gasteiger partial charge in [-0.2, -0.15) is 0 Å². The van der Waals surface area contributed by atoms with Crippen LogP contribution in [0.3, 0.4) is 0 Å². The van der Waals surface area contributed by atoms with E-state index in [0.717, 1.165) is 42.0 Å². The van der Waals surface area contributed by atoms with E-state index in [-0.39, 0.29) is 17.8 Å². The lowest BCUT2D eigenvalue weighted by molar-refractivity contribution is -0.121. The first-order valence-corrected chi connectivity index (χ1v) is 9.06. The number of hydrogen-bond acceptors (Lipinski definition) is 4. The number of rotatable bonds is 6. The number of hydrogen-bond donors (Lipinski definition) is 1. The van der Waals surface area contributed by atoms with Crippen LogP contribution >= 0.6 is 0 Å². The fraction of sp³-hybridized carbons (Fsp3) is 0.450. The second-order valence-corrected chi connectivity index (χ2v) is 6.87. The number of likely N-dealkylation sites (tertiary alicyclic amines) is 1. The van der Waals surface area contributed by atoms with E-state index in [1.54, 1.807) is 6.07 Å². The Balaban J connectivity index is 1.59. The maximum absolute atomic E-state index is 13.2. The maximum Gasteiger partial charge on any atom is 0.220 e. The highest BCUT2D eigenvalue weighted by atomic mass is 19.1. The summed E-state index contributed by atoms with van der Waals surface area (Å²) in [6.07, 6.45) is 4.90. The maximum atomic E-state index is 13.2. The highest BCUT2D eigenvalue weighted by Gasteiger charge is 2.26. The summed E-state index contributed by atoms with van der Waals surface area (Å²) in [5, 5.41) is 2.95. The molecule has 1 atom stereocenters. The Morgan fingerprint density at radius 2 is 2.27 bits per heavy atom. The van der Waals surface area contributed by atoms with Gasteiger partial charge in [0.2, 0.25) is 5.91 Å². The number of benzene rings is 1. The van der Waals surface area contributed by atoms with Gasteiger partial charge < -0.3 is 5.32 Å². The Kier molecular flexibility index (Phi) is 5.93. The van der Waals surface area contributed by atoms with Crippen LogP contribution in [0.2, 0.25) is 0 Å². The normalized spacial score (nSPS) is 17.4. The molecule has 2 aromatic rings. The number of aryl methyl sites for hydroxylation is 2. The predicted octanol–water partition coefficient (Wildman–Crippen LogP) is 2.94. The third kappa shape index (κ3) is 4.64. The third-order valence-corrected chi connectivity index (χ3v) is 4.86. The zero-order valence-corrected chi connectivity index (χ0v) is 15.3. The number of carbonyl (C=O) groups is 1. The fourth-order valence-corrected chi connectivity index (χ4v) is 3.43. The largest absolute Gasteiger partial charge is 0.352 e.